The van der Waals surface area contributed by atoms with E-state index in [9.17, 15) is 9.59 Å². The minimum atomic E-state index is -0.250. The molecule has 0 aliphatic heterocycles. The maximum absolute atomic E-state index is 12.0. The van der Waals surface area contributed by atoms with E-state index < -0.39 is 0 Å². The highest BCUT2D eigenvalue weighted by Crippen LogP contribution is 2.15. The number of carbonyl (C=O) groups excluding carboxylic acids is 2. The van der Waals surface area contributed by atoms with E-state index in [1.807, 2.05) is 30.3 Å². The van der Waals surface area contributed by atoms with Crippen molar-refractivity contribution in [2.45, 2.75) is 19.4 Å². The fourth-order valence-electron chi connectivity index (χ4n) is 2.00. The number of amides is 2. The molecule has 2 aromatic carbocycles. The number of carbonyl (C=O) groups is 2. The lowest BCUT2D eigenvalue weighted by Crippen LogP contribution is -2.35. The Labute approximate surface area is 138 Å². The Morgan fingerprint density at radius 2 is 1.82 bits per heavy atom. The molecule has 0 saturated carbocycles. The highest BCUT2D eigenvalue weighted by molar-refractivity contribution is 9.10. The minimum Gasteiger partial charge on any atom is -0.349 e. The molecule has 0 aromatic heterocycles. The van der Waals surface area contributed by atoms with Crippen molar-refractivity contribution in [2.24, 2.45) is 0 Å². The summed E-state index contributed by atoms with van der Waals surface area (Å²) >= 11 is 3.35. The van der Waals surface area contributed by atoms with Crippen LogP contribution >= 0.6 is 15.9 Å². The van der Waals surface area contributed by atoms with Gasteiger partial charge in [0.1, 0.15) is 0 Å². The highest BCUT2D eigenvalue weighted by atomic mass is 79.9. The van der Waals surface area contributed by atoms with E-state index in [0.29, 0.717) is 5.56 Å². The summed E-state index contributed by atoms with van der Waals surface area (Å²) in [4.78, 5) is 24.0. The molecule has 0 radical (unpaired) electrons. The number of anilines is 1. The molecule has 1 unspecified atom stereocenters. The predicted molar refractivity (Wildman–Crippen MR) is 90.8 cm³/mol. The molecule has 22 heavy (non-hydrogen) atoms. The van der Waals surface area contributed by atoms with Gasteiger partial charge in [-0.05, 0) is 37.3 Å². The SMILES string of the molecule is CC(CC(=O)Nc1cccc(Br)c1)NC(=O)c1ccccc1. The summed E-state index contributed by atoms with van der Waals surface area (Å²) in [6, 6.07) is 16.1. The fourth-order valence-corrected chi connectivity index (χ4v) is 2.40. The lowest BCUT2D eigenvalue weighted by Gasteiger charge is -2.14. The van der Waals surface area contributed by atoms with Gasteiger partial charge in [0.15, 0.2) is 0 Å². The first kappa shape index (κ1) is 16.2. The van der Waals surface area contributed by atoms with Crippen molar-refractivity contribution in [3.05, 3.63) is 64.6 Å². The Bertz CT molecular complexity index is 659. The second-order valence-corrected chi connectivity index (χ2v) is 5.92. The third-order valence-corrected chi connectivity index (χ3v) is 3.51. The Kier molecular flexibility index (Phi) is 5.72. The van der Waals surface area contributed by atoms with Crippen LogP contribution in [-0.2, 0) is 4.79 Å². The Hall–Kier alpha value is -2.14. The van der Waals surface area contributed by atoms with Crippen LogP contribution in [0, 0.1) is 0 Å². The van der Waals surface area contributed by atoms with E-state index in [1.54, 1.807) is 31.2 Å². The van der Waals surface area contributed by atoms with Gasteiger partial charge in [-0.2, -0.15) is 0 Å². The van der Waals surface area contributed by atoms with E-state index in [4.69, 9.17) is 0 Å². The molecule has 5 heteroatoms. The minimum absolute atomic E-state index is 0.140. The second-order valence-electron chi connectivity index (χ2n) is 5.00. The van der Waals surface area contributed by atoms with Crippen molar-refractivity contribution in [1.82, 2.24) is 5.32 Å². The number of benzene rings is 2. The van der Waals surface area contributed by atoms with E-state index in [-0.39, 0.29) is 24.3 Å². The van der Waals surface area contributed by atoms with E-state index in [1.165, 1.54) is 0 Å². The first-order valence-corrected chi connectivity index (χ1v) is 7.75. The maximum atomic E-state index is 12.0. The summed E-state index contributed by atoms with van der Waals surface area (Å²) in [5.41, 5.74) is 1.31. The number of halogens is 1. The van der Waals surface area contributed by atoms with Gasteiger partial charge < -0.3 is 10.6 Å². The molecule has 0 fully saturated rings. The van der Waals surface area contributed by atoms with Crippen LogP contribution in [0.4, 0.5) is 5.69 Å². The van der Waals surface area contributed by atoms with Crippen molar-refractivity contribution in [1.29, 1.82) is 0 Å². The predicted octanol–water partition coefficient (Wildman–Crippen LogP) is 3.60. The van der Waals surface area contributed by atoms with Crippen LogP contribution < -0.4 is 10.6 Å². The molecular formula is C17H17BrN2O2. The maximum Gasteiger partial charge on any atom is 0.251 e. The molecule has 4 nitrogen and oxygen atoms in total. The molecule has 2 N–H and O–H groups in total. The Morgan fingerprint density at radius 1 is 1.09 bits per heavy atom. The van der Waals surface area contributed by atoms with Crippen LogP contribution in [-0.4, -0.2) is 17.9 Å². The zero-order valence-corrected chi connectivity index (χ0v) is 13.8. The van der Waals surface area contributed by atoms with Crippen LogP contribution in [0.3, 0.4) is 0 Å². The van der Waals surface area contributed by atoms with Gasteiger partial charge in [0, 0.05) is 28.2 Å². The zero-order valence-electron chi connectivity index (χ0n) is 12.2. The molecule has 0 aliphatic carbocycles. The quantitative estimate of drug-likeness (QED) is 0.855. The zero-order chi connectivity index (χ0) is 15.9. The molecule has 114 valence electrons. The van der Waals surface area contributed by atoms with Gasteiger partial charge in [-0.25, -0.2) is 0 Å². The van der Waals surface area contributed by atoms with Gasteiger partial charge in [0.2, 0.25) is 5.91 Å². The Morgan fingerprint density at radius 3 is 2.50 bits per heavy atom. The summed E-state index contributed by atoms with van der Waals surface area (Å²) < 4.78 is 0.899. The van der Waals surface area contributed by atoms with Gasteiger partial charge in [-0.15, -0.1) is 0 Å². The van der Waals surface area contributed by atoms with Gasteiger partial charge in [0.25, 0.3) is 5.91 Å². The standard InChI is InChI=1S/C17H17BrN2O2/c1-12(19-17(22)13-6-3-2-4-7-13)10-16(21)20-15-9-5-8-14(18)11-15/h2-9,11-12H,10H2,1H3,(H,19,22)(H,20,21). The third kappa shape index (κ3) is 5.00. The second kappa shape index (κ2) is 7.75. The van der Waals surface area contributed by atoms with Crippen LogP contribution in [0.2, 0.25) is 0 Å². The van der Waals surface area contributed by atoms with Crippen molar-refractivity contribution < 1.29 is 9.59 Å². The average molecular weight is 361 g/mol. The van der Waals surface area contributed by atoms with Gasteiger partial charge in [-0.1, -0.05) is 40.2 Å². The van der Waals surface area contributed by atoms with Crippen LogP contribution in [0.5, 0.6) is 0 Å². The number of hydrogen-bond donors (Lipinski definition) is 2. The van der Waals surface area contributed by atoms with Crippen LogP contribution in [0.25, 0.3) is 0 Å². The van der Waals surface area contributed by atoms with Crippen molar-refractivity contribution in [2.75, 3.05) is 5.32 Å². The van der Waals surface area contributed by atoms with Gasteiger partial charge in [0.05, 0.1) is 0 Å². The fraction of sp³-hybridized carbons (Fsp3) is 0.176. The lowest BCUT2D eigenvalue weighted by atomic mass is 10.1. The Balaban J connectivity index is 1.85. The number of hydrogen-bond acceptors (Lipinski definition) is 2. The van der Waals surface area contributed by atoms with Crippen LogP contribution in [0.1, 0.15) is 23.7 Å². The lowest BCUT2D eigenvalue weighted by molar-refractivity contribution is -0.116. The smallest absolute Gasteiger partial charge is 0.251 e. The number of nitrogens with one attached hydrogen (secondary N) is 2. The normalized spacial score (nSPS) is 11.5. The summed E-state index contributed by atoms with van der Waals surface area (Å²) in [5.74, 6) is -0.317. The van der Waals surface area contributed by atoms with E-state index >= 15 is 0 Å². The first-order valence-electron chi connectivity index (χ1n) is 6.96. The molecule has 0 spiro atoms. The van der Waals surface area contributed by atoms with Crippen molar-refractivity contribution in [3.8, 4) is 0 Å². The topological polar surface area (TPSA) is 58.2 Å². The van der Waals surface area contributed by atoms with Crippen LogP contribution in [0.15, 0.2) is 59.1 Å². The monoisotopic (exact) mass is 360 g/mol. The highest BCUT2D eigenvalue weighted by Gasteiger charge is 2.13. The largest absolute Gasteiger partial charge is 0.349 e. The van der Waals surface area contributed by atoms with Gasteiger partial charge in [-0.3, -0.25) is 9.59 Å². The molecule has 1 atom stereocenters. The molecule has 0 saturated heterocycles. The summed E-state index contributed by atoms with van der Waals surface area (Å²) in [6.07, 6.45) is 0.213. The summed E-state index contributed by atoms with van der Waals surface area (Å²) in [5, 5.41) is 5.62. The van der Waals surface area contributed by atoms with Crippen molar-refractivity contribution in [3.63, 3.8) is 0 Å². The van der Waals surface area contributed by atoms with E-state index in [0.717, 1.165) is 10.2 Å². The molecule has 2 amide bonds. The summed E-state index contributed by atoms with van der Waals surface area (Å²) in [6.45, 7) is 1.81. The number of rotatable bonds is 5. The average Bonchev–Trinajstić information content (AvgIpc) is 2.47. The summed E-state index contributed by atoms with van der Waals surface area (Å²) in [7, 11) is 0. The molecule has 2 rings (SSSR count). The molecule has 0 bridgehead atoms. The van der Waals surface area contributed by atoms with Gasteiger partial charge >= 0.3 is 0 Å². The van der Waals surface area contributed by atoms with E-state index in [2.05, 4.69) is 26.6 Å². The third-order valence-electron chi connectivity index (χ3n) is 3.01. The molecule has 0 aliphatic rings. The molecule has 2 aromatic rings. The molecule has 0 heterocycles. The first-order chi connectivity index (χ1) is 10.5. The van der Waals surface area contributed by atoms with Crippen molar-refractivity contribution >= 4 is 33.4 Å². The molecular weight excluding hydrogens is 344 g/mol.